The van der Waals surface area contributed by atoms with Crippen molar-refractivity contribution in [3.8, 4) is 11.3 Å². The Morgan fingerprint density at radius 1 is 1.33 bits per heavy atom. The molecule has 1 fully saturated rings. The first-order chi connectivity index (χ1) is 10.2. The number of hydrogen-bond acceptors (Lipinski definition) is 2. The summed E-state index contributed by atoms with van der Waals surface area (Å²) < 4.78 is 15.6. The number of nitrogens with two attached hydrogens (primary N) is 1. The highest BCUT2D eigenvalue weighted by Crippen LogP contribution is 2.37. The van der Waals surface area contributed by atoms with Gasteiger partial charge in [0.05, 0.1) is 0 Å². The maximum Gasteiger partial charge on any atom is 0.131 e. The summed E-state index contributed by atoms with van der Waals surface area (Å²) in [5.41, 5.74) is 7.81. The first kappa shape index (κ1) is 14.1. The zero-order chi connectivity index (χ0) is 14.8. The summed E-state index contributed by atoms with van der Waals surface area (Å²) in [6.07, 6.45) is 5.91. The molecule has 1 aromatic heterocycles. The molecule has 1 aromatic carbocycles. The van der Waals surface area contributed by atoms with Crippen LogP contribution in [0.4, 0.5) is 10.2 Å². The molecule has 0 atom stereocenters. The third-order valence-corrected chi connectivity index (χ3v) is 4.30. The van der Waals surface area contributed by atoms with Gasteiger partial charge in [-0.1, -0.05) is 31.9 Å². The van der Waals surface area contributed by atoms with Crippen LogP contribution < -0.4 is 5.73 Å². The number of anilines is 1. The lowest BCUT2D eigenvalue weighted by atomic mass is 10.1. The number of nitrogen functional groups attached to an aromatic ring is 1. The number of rotatable bonds is 4. The Hall–Kier alpha value is -1.84. The molecule has 21 heavy (non-hydrogen) atoms. The number of imidazole rings is 1. The molecular weight excluding hydrogens is 265 g/mol. The fraction of sp³-hybridized carbons (Fsp3) is 0.471. The average Bonchev–Trinajstić information content (AvgIpc) is 3.09. The molecule has 2 aromatic rings. The van der Waals surface area contributed by atoms with Crippen LogP contribution in [0, 0.1) is 5.82 Å². The van der Waals surface area contributed by atoms with Crippen molar-refractivity contribution >= 4 is 5.82 Å². The van der Waals surface area contributed by atoms with E-state index in [4.69, 9.17) is 10.7 Å². The summed E-state index contributed by atoms with van der Waals surface area (Å²) in [5, 5.41) is 0. The molecule has 1 aliphatic carbocycles. The lowest BCUT2D eigenvalue weighted by Gasteiger charge is -2.12. The van der Waals surface area contributed by atoms with E-state index >= 15 is 0 Å². The third kappa shape index (κ3) is 2.67. The van der Waals surface area contributed by atoms with E-state index in [1.54, 1.807) is 6.07 Å². The minimum Gasteiger partial charge on any atom is -0.383 e. The smallest absolute Gasteiger partial charge is 0.131 e. The maximum absolute atomic E-state index is 13.5. The Bertz CT molecular complexity index is 627. The molecule has 3 rings (SSSR count). The molecule has 0 spiro atoms. The second kappa shape index (κ2) is 5.88. The number of nitrogens with zero attached hydrogens (tertiary/aromatic N) is 2. The van der Waals surface area contributed by atoms with Crippen molar-refractivity contribution in [1.82, 2.24) is 9.55 Å². The molecular formula is C17H22FN3. The van der Waals surface area contributed by atoms with Gasteiger partial charge in [-0.25, -0.2) is 9.37 Å². The van der Waals surface area contributed by atoms with E-state index < -0.39 is 0 Å². The van der Waals surface area contributed by atoms with E-state index in [2.05, 4.69) is 11.5 Å². The molecule has 0 aliphatic heterocycles. The molecule has 0 saturated heterocycles. The molecule has 1 saturated carbocycles. The summed E-state index contributed by atoms with van der Waals surface area (Å²) >= 11 is 0. The van der Waals surface area contributed by atoms with E-state index in [0.717, 1.165) is 30.0 Å². The van der Waals surface area contributed by atoms with Crippen molar-refractivity contribution in [3.63, 3.8) is 0 Å². The highest BCUT2D eigenvalue weighted by atomic mass is 19.1. The van der Waals surface area contributed by atoms with Gasteiger partial charge in [-0.05, 0) is 31.4 Å². The van der Waals surface area contributed by atoms with Gasteiger partial charge in [0.15, 0.2) is 0 Å². The highest BCUT2D eigenvalue weighted by molar-refractivity contribution is 5.71. The van der Waals surface area contributed by atoms with Gasteiger partial charge in [-0.15, -0.1) is 0 Å². The number of hydrogen-bond donors (Lipinski definition) is 1. The van der Waals surface area contributed by atoms with Gasteiger partial charge >= 0.3 is 0 Å². The number of aromatic nitrogens is 2. The fourth-order valence-electron chi connectivity index (χ4n) is 3.29. The standard InChI is InChI=1S/C17H22FN3/c1-2-10-21-16(19)15(13-8-5-9-14(18)11-13)20-17(21)12-6-3-4-7-12/h5,8-9,11-12H,2-4,6-7,10,19H2,1H3. The summed E-state index contributed by atoms with van der Waals surface area (Å²) in [4.78, 5) is 4.79. The Balaban J connectivity index is 2.07. The van der Waals surface area contributed by atoms with Crippen LogP contribution in [-0.4, -0.2) is 9.55 Å². The summed E-state index contributed by atoms with van der Waals surface area (Å²) in [6.45, 7) is 3.01. The second-order valence-electron chi connectivity index (χ2n) is 5.85. The summed E-state index contributed by atoms with van der Waals surface area (Å²) in [5.74, 6) is 2.01. The van der Waals surface area contributed by atoms with Crippen LogP contribution in [0.1, 0.15) is 50.8 Å². The van der Waals surface area contributed by atoms with Gasteiger partial charge in [0.1, 0.15) is 23.2 Å². The number of halogens is 1. The SMILES string of the molecule is CCCn1c(C2CCCC2)nc(-c2cccc(F)c2)c1N. The van der Waals surface area contributed by atoms with Crippen LogP contribution in [0.3, 0.4) is 0 Å². The molecule has 0 amide bonds. The summed E-state index contributed by atoms with van der Waals surface area (Å²) in [6, 6.07) is 6.53. The van der Waals surface area contributed by atoms with Gasteiger partial charge in [-0.3, -0.25) is 0 Å². The normalized spacial score (nSPS) is 15.7. The van der Waals surface area contributed by atoms with Crippen molar-refractivity contribution in [2.75, 3.05) is 5.73 Å². The largest absolute Gasteiger partial charge is 0.383 e. The zero-order valence-corrected chi connectivity index (χ0v) is 12.5. The van der Waals surface area contributed by atoms with Crippen molar-refractivity contribution in [3.05, 3.63) is 35.9 Å². The van der Waals surface area contributed by atoms with Gasteiger partial charge < -0.3 is 10.3 Å². The van der Waals surface area contributed by atoms with Crippen molar-refractivity contribution in [1.29, 1.82) is 0 Å². The molecule has 0 bridgehead atoms. The van der Waals surface area contributed by atoms with Crippen molar-refractivity contribution < 1.29 is 4.39 Å². The van der Waals surface area contributed by atoms with Crippen LogP contribution in [-0.2, 0) is 6.54 Å². The van der Waals surface area contributed by atoms with Crippen molar-refractivity contribution in [2.24, 2.45) is 0 Å². The fourth-order valence-corrected chi connectivity index (χ4v) is 3.29. The van der Waals surface area contributed by atoms with Gasteiger partial charge in [0, 0.05) is 18.0 Å². The van der Waals surface area contributed by atoms with E-state index in [-0.39, 0.29) is 5.82 Å². The Kier molecular flexibility index (Phi) is 3.95. The van der Waals surface area contributed by atoms with E-state index in [1.807, 2.05) is 6.07 Å². The Morgan fingerprint density at radius 2 is 2.10 bits per heavy atom. The molecule has 1 aliphatic rings. The molecule has 4 heteroatoms. The van der Waals surface area contributed by atoms with Crippen molar-refractivity contribution in [2.45, 2.75) is 51.5 Å². The van der Waals surface area contributed by atoms with Crippen LogP contribution in [0.25, 0.3) is 11.3 Å². The zero-order valence-electron chi connectivity index (χ0n) is 12.5. The predicted octanol–water partition coefficient (Wildman–Crippen LogP) is 4.34. The molecule has 2 N–H and O–H groups in total. The first-order valence-electron chi connectivity index (χ1n) is 7.82. The topological polar surface area (TPSA) is 43.8 Å². The van der Waals surface area contributed by atoms with E-state index in [9.17, 15) is 4.39 Å². The lowest BCUT2D eigenvalue weighted by molar-refractivity contribution is 0.579. The van der Waals surface area contributed by atoms with Crippen LogP contribution in [0.15, 0.2) is 24.3 Å². The molecule has 1 heterocycles. The van der Waals surface area contributed by atoms with E-state index in [0.29, 0.717) is 11.7 Å². The molecule has 3 nitrogen and oxygen atoms in total. The van der Waals surface area contributed by atoms with Gasteiger partial charge in [0.2, 0.25) is 0 Å². The van der Waals surface area contributed by atoms with Gasteiger partial charge in [-0.2, -0.15) is 0 Å². The predicted molar refractivity (Wildman–Crippen MR) is 83.5 cm³/mol. The molecule has 0 radical (unpaired) electrons. The Morgan fingerprint density at radius 3 is 2.76 bits per heavy atom. The third-order valence-electron chi connectivity index (χ3n) is 4.30. The lowest BCUT2D eigenvalue weighted by Crippen LogP contribution is -2.09. The minimum atomic E-state index is -0.251. The van der Waals surface area contributed by atoms with Crippen LogP contribution in [0.5, 0.6) is 0 Å². The highest BCUT2D eigenvalue weighted by Gasteiger charge is 2.25. The minimum absolute atomic E-state index is 0.251. The van der Waals surface area contributed by atoms with Crippen LogP contribution in [0.2, 0.25) is 0 Å². The number of benzene rings is 1. The van der Waals surface area contributed by atoms with E-state index in [1.165, 1.54) is 37.8 Å². The average molecular weight is 287 g/mol. The summed E-state index contributed by atoms with van der Waals surface area (Å²) in [7, 11) is 0. The van der Waals surface area contributed by atoms with Gasteiger partial charge in [0.25, 0.3) is 0 Å². The quantitative estimate of drug-likeness (QED) is 0.909. The van der Waals surface area contributed by atoms with Crippen LogP contribution >= 0.6 is 0 Å². The molecule has 0 unspecified atom stereocenters. The maximum atomic E-state index is 13.5. The second-order valence-corrected chi connectivity index (χ2v) is 5.85. The first-order valence-corrected chi connectivity index (χ1v) is 7.82. The monoisotopic (exact) mass is 287 g/mol. The Labute approximate surface area is 125 Å². The molecule has 112 valence electrons.